The quantitative estimate of drug-likeness (QED) is 0.585. The molecule has 0 saturated carbocycles. The van der Waals surface area contributed by atoms with Crippen LogP contribution in [0.4, 0.5) is 5.69 Å². The molecule has 0 spiro atoms. The Labute approximate surface area is 144 Å². The Morgan fingerprint density at radius 2 is 2.00 bits per heavy atom. The zero-order valence-corrected chi connectivity index (χ0v) is 14.3. The van der Waals surface area contributed by atoms with Crippen LogP contribution in [-0.2, 0) is 6.42 Å². The molecule has 23 heavy (non-hydrogen) atoms. The van der Waals surface area contributed by atoms with Gasteiger partial charge in [0.2, 0.25) is 0 Å². The van der Waals surface area contributed by atoms with Crippen molar-refractivity contribution in [2.45, 2.75) is 25.3 Å². The second-order valence-corrected chi connectivity index (χ2v) is 6.93. The second-order valence-electron chi connectivity index (χ2n) is 6.02. The molecule has 0 amide bonds. The summed E-state index contributed by atoms with van der Waals surface area (Å²) in [5, 5.41) is 4.99. The Morgan fingerprint density at radius 3 is 2.78 bits per heavy atom. The van der Waals surface area contributed by atoms with Gasteiger partial charge in [-0.1, -0.05) is 21.9 Å². The van der Waals surface area contributed by atoms with Crippen LogP contribution in [-0.4, -0.2) is 4.98 Å². The van der Waals surface area contributed by atoms with E-state index in [0.29, 0.717) is 6.04 Å². The number of fused-ring (bicyclic) bond motifs is 3. The highest BCUT2D eigenvalue weighted by Crippen LogP contribution is 2.37. The van der Waals surface area contributed by atoms with E-state index in [9.17, 15) is 0 Å². The van der Waals surface area contributed by atoms with E-state index >= 15 is 0 Å². The molecule has 1 aromatic heterocycles. The average molecular weight is 365 g/mol. The topological polar surface area (TPSA) is 27.8 Å². The van der Waals surface area contributed by atoms with E-state index in [1.54, 1.807) is 0 Å². The van der Waals surface area contributed by atoms with Gasteiger partial charge in [0.25, 0.3) is 0 Å². The largest absolute Gasteiger partial charge is 0.377 e. The molecule has 1 atom stereocenters. The van der Waals surface area contributed by atoms with Gasteiger partial charge >= 0.3 is 0 Å². The molecule has 0 bridgehead atoms. The van der Waals surface area contributed by atoms with Crippen LogP contribution in [0, 0.1) is 12.3 Å². The number of hydrogen-bond acceptors (Lipinski definition) is 1. The molecule has 1 heterocycles. The fraction of sp³-hybridized carbons (Fsp3) is 0.200. The summed E-state index contributed by atoms with van der Waals surface area (Å²) >= 11 is 3.58. The number of aryl methyl sites for hydroxylation is 1. The van der Waals surface area contributed by atoms with Crippen molar-refractivity contribution in [2.75, 3.05) is 5.32 Å². The summed E-state index contributed by atoms with van der Waals surface area (Å²) in [4.78, 5) is 3.62. The lowest BCUT2D eigenvalue weighted by Gasteiger charge is -2.25. The minimum absolute atomic E-state index is 0.321. The van der Waals surface area contributed by atoms with Gasteiger partial charge in [0.05, 0.1) is 6.04 Å². The smallest absolute Gasteiger partial charge is 0.0666 e. The maximum absolute atomic E-state index is 5.42. The molecule has 2 aromatic carbocycles. The normalized spacial score (nSPS) is 16.8. The third-order valence-electron chi connectivity index (χ3n) is 4.56. The Bertz CT molecular complexity index is 900. The fourth-order valence-electron chi connectivity index (χ4n) is 3.44. The van der Waals surface area contributed by atoms with Gasteiger partial charge in [-0.2, -0.15) is 0 Å². The number of H-pyrrole nitrogens is 1. The lowest BCUT2D eigenvalue weighted by atomic mass is 9.91. The summed E-state index contributed by atoms with van der Waals surface area (Å²) in [5.41, 5.74) is 6.02. The molecule has 3 aromatic rings. The van der Waals surface area contributed by atoms with Crippen molar-refractivity contribution in [3.8, 4) is 12.3 Å². The van der Waals surface area contributed by atoms with Gasteiger partial charge in [0, 0.05) is 32.3 Å². The van der Waals surface area contributed by atoms with Gasteiger partial charge in [0.15, 0.2) is 0 Å². The molecule has 1 aliphatic rings. The molecule has 1 aliphatic carbocycles. The molecule has 2 N–H and O–H groups in total. The highest BCUT2D eigenvalue weighted by molar-refractivity contribution is 9.10. The molecule has 4 rings (SSSR count). The molecule has 0 radical (unpaired) electrons. The lowest BCUT2D eigenvalue weighted by molar-refractivity contribution is 0.593. The van der Waals surface area contributed by atoms with Crippen LogP contribution in [0.15, 0.2) is 46.9 Å². The molecule has 0 saturated heterocycles. The molecule has 2 nitrogen and oxygen atoms in total. The lowest BCUT2D eigenvalue weighted by Crippen LogP contribution is -2.17. The van der Waals surface area contributed by atoms with Crippen LogP contribution >= 0.6 is 15.9 Å². The number of aromatic amines is 1. The van der Waals surface area contributed by atoms with Gasteiger partial charge < -0.3 is 10.3 Å². The summed E-state index contributed by atoms with van der Waals surface area (Å²) < 4.78 is 1.13. The van der Waals surface area contributed by atoms with Crippen molar-refractivity contribution < 1.29 is 0 Å². The van der Waals surface area contributed by atoms with E-state index in [-0.39, 0.29) is 0 Å². The van der Waals surface area contributed by atoms with Crippen LogP contribution in [0.25, 0.3) is 10.9 Å². The summed E-state index contributed by atoms with van der Waals surface area (Å²) in [5.74, 6) is 2.66. The number of hydrogen-bond donors (Lipinski definition) is 2. The van der Waals surface area contributed by atoms with E-state index in [2.05, 4.69) is 62.5 Å². The predicted molar refractivity (Wildman–Crippen MR) is 99.7 cm³/mol. The molecular formula is C20H17BrN2. The van der Waals surface area contributed by atoms with Gasteiger partial charge in [-0.25, -0.2) is 0 Å². The SMILES string of the molecule is C#Cc1ccc(NC2CCCc3c2[nH]c2ccc(Br)cc32)cc1. The van der Waals surface area contributed by atoms with Crippen LogP contribution in [0.2, 0.25) is 0 Å². The summed E-state index contributed by atoms with van der Waals surface area (Å²) in [6, 6.07) is 14.9. The monoisotopic (exact) mass is 364 g/mol. The maximum atomic E-state index is 5.42. The van der Waals surface area contributed by atoms with Crippen molar-refractivity contribution in [2.24, 2.45) is 0 Å². The van der Waals surface area contributed by atoms with Crippen LogP contribution in [0.5, 0.6) is 0 Å². The fourth-order valence-corrected chi connectivity index (χ4v) is 3.80. The number of anilines is 1. The van der Waals surface area contributed by atoms with Crippen LogP contribution < -0.4 is 5.32 Å². The highest BCUT2D eigenvalue weighted by Gasteiger charge is 2.24. The van der Waals surface area contributed by atoms with E-state index < -0.39 is 0 Å². The Kier molecular flexibility index (Phi) is 3.63. The zero-order chi connectivity index (χ0) is 15.8. The van der Waals surface area contributed by atoms with Crippen molar-refractivity contribution in [1.82, 2.24) is 4.98 Å². The molecule has 0 fully saturated rings. The standard InChI is InChI=1S/C20H17BrN2/c1-2-13-6-9-15(10-7-13)22-19-5-3-4-16-17-12-14(21)8-11-18(17)23-20(16)19/h1,6-12,19,22-23H,3-5H2. The van der Waals surface area contributed by atoms with E-state index in [1.165, 1.54) is 28.6 Å². The summed E-state index contributed by atoms with van der Waals surface area (Å²) in [6.07, 6.45) is 8.90. The van der Waals surface area contributed by atoms with Crippen molar-refractivity contribution in [1.29, 1.82) is 0 Å². The minimum atomic E-state index is 0.321. The molecule has 0 aliphatic heterocycles. The first-order chi connectivity index (χ1) is 11.2. The number of terminal acetylenes is 1. The van der Waals surface area contributed by atoms with Crippen LogP contribution in [0.3, 0.4) is 0 Å². The van der Waals surface area contributed by atoms with Gasteiger partial charge in [-0.05, 0) is 67.3 Å². The van der Waals surface area contributed by atoms with E-state index in [0.717, 1.165) is 28.6 Å². The van der Waals surface area contributed by atoms with Crippen molar-refractivity contribution in [3.05, 3.63) is 63.8 Å². The molecule has 1 unspecified atom stereocenters. The van der Waals surface area contributed by atoms with Gasteiger partial charge in [-0.15, -0.1) is 6.42 Å². The number of benzene rings is 2. The first-order valence-corrected chi connectivity index (χ1v) is 8.67. The number of aromatic nitrogens is 1. The average Bonchev–Trinajstić information content (AvgIpc) is 2.95. The first kappa shape index (κ1) is 14.4. The zero-order valence-electron chi connectivity index (χ0n) is 12.7. The maximum Gasteiger partial charge on any atom is 0.0666 e. The third kappa shape index (κ3) is 2.64. The molecule has 114 valence electrons. The van der Waals surface area contributed by atoms with Crippen molar-refractivity contribution in [3.63, 3.8) is 0 Å². The predicted octanol–water partition coefficient (Wildman–Crippen LogP) is 5.40. The molecule has 3 heteroatoms. The Morgan fingerprint density at radius 1 is 1.17 bits per heavy atom. The van der Waals surface area contributed by atoms with Crippen molar-refractivity contribution >= 4 is 32.5 Å². The number of nitrogens with one attached hydrogen (secondary N) is 2. The highest BCUT2D eigenvalue weighted by atomic mass is 79.9. The first-order valence-electron chi connectivity index (χ1n) is 7.88. The number of rotatable bonds is 2. The third-order valence-corrected chi connectivity index (χ3v) is 5.05. The summed E-state index contributed by atoms with van der Waals surface area (Å²) in [6.45, 7) is 0. The van der Waals surface area contributed by atoms with Gasteiger partial charge in [-0.3, -0.25) is 0 Å². The Balaban J connectivity index is 1.69. The van der Waals surface area contributed by atoms with Crippen LogP contribution in [0.1, 0.15) is 35.7 Å². The second kappa shape index (κ2) is 5.79. The Hall–Kier alpha value is -2.18. The van der Waals surface area contributed by atoms with E-state index in [4.69, 9.17) is 6.42 Å². The molecular weight excluding hydrogens is 348 g/mol. The summed E-state index contributed by atoms with van der Waals surface area (Å²) in [7, 11) is 0. The van der Waals surface area contributed by atoms with E-state index in [1.807, 2.05) is 12.1 Å². The number of halogens is 1. The minimum Gasteiger partial charge on any atom is -0.377 e. The van der Waals surface area contributed by atoms with Gasteiger partial charge in [0.1, 0.15) is 0 Å².